The van der Waals surface area contributed by atoms with Crippen LogP contribution >= 0.6 is 0 Å². The van der Waals surface area contributed by atoms with Gasteiger partial charge in [0.05, 0.1) is 6.04 Å². The average molecular weight is 347 g/mol. The standard InChI is InChI=1S/C16H24F3N3O2/c1-4-11(2)14(24-3)15(23)21-8-5-6-12(10-21)22-9-7-13(20-22)16(17,18)19/h7,9,11-12,14H,4-6,8,10H2,1-3H3/t11-,12-,14-/m0/s1. The van der Waals surface area contributed by atoms with E-state index < -0.39 is 18.0 Å². The maximum Gasteiger partial charge on any atom is 0.435 e. The minimum Gasteiger partial charge on any atom is -0.371 e. The van der Waals surface area contributed by atoms with Crippen LogP contribution in [0.3, 0.4) is 0 Å². The first-order valence-corrected chi connectivity index (χ1v) is 8.21. The van der Waals surface area contributed by atoms with E-state index in [1.54, 1.807) is 4.90 Å². The van der Waals surface area contributed by atoms with Crippen molar-refractivity contribution in [2.45, 2.75) is 51.4 Å². The molecular weight excluding hydrogens is 323 g/mol. The third-order valence-corrected chi connectivity index (χ3v) is 4.64. The van der Waals surface area contributed by atoms with Crippen LogP contribution in [-0.4, -0.2) is 46.9 Å². The third-order valence-electron chi connectivity index (χ3n) is 4.64. The first-order chi connectivity index (χ1) is 11.3. The predicted octanol–water partition coefficient (Wildman–Crippen LogP) is 3.13. The fourth-order valence-electron chi connectivity index (χ4n) is 3.03. The van der Waals surface area contributed by atoms with Crippen molar-refractivity contribution in [1.29, 1.82) is 0 Å². The number of carbonyl (C=O) groups is 1. The maximum absolute atomic E-state index is 12.7. The van der Waals surface area contributed by atoms with E-state index in [0.29, 0.717) is 19.5 Å². The summed E-state index contributed by atoms with van der Waals surface area (Å²) < 4.78 is 44.8. The highest BCUT2D eigenvalue weighted by Crippen LogP contribution is 2.29. The number of rotatable bonds is 5. The highest BCUT2D eigenvalue weighted by molar-refractivity contribution is 5.81. The molecule has 1 amide bonds. The van der Waals surface area contributed by atoms with Gasteiger partial charge in [0.2, 0.25) is 0 Å². The lowest BCUT2D eigenvalue weighted by atomic mass is 9.98. The van der Waals surface area contributed by atoms with Gasteiger partial charge in [-0.3, -0.25) is 9.48 Å². The SMILES string of the molecule is CC[C@H](C)[C@H](OC)C(=O)N1CCC[C@H](n2ccc(C(F)(F)F)n2)C1. The Kier molecular flexibility index (Phi) is 5.90. The topological polar surface area (TPSA) is 47.4 Å². The second-order valence-corrected chi connectivity index (χ2v) is 6.30. The number of piperidine rings is 1. The molecule has 0 unspecified atom stereocenters. The number of alkyl halides is 3. The Labute approximate surface area is 139 Å². The molecule has 1 saturated heterocycles. The smallest absolute Gasteiger partial charge is 0.371 e. The van der Waals surface area contributed by atoms with Crippen molar-refractivity contribution in [2.24, 2.45) is 5.92 Å². The molecule has 2 heterocycles. The van der Waals surface area contributed by atoms with Gasteiger partial charge in [-0.15, -0.1) is 0 Å². The molecule has 3 atom stereocenters. The number of hydrogen-bond acceptors (Lipinski definition) is 3. The van der Waals surface area contributed by atoms with Crippen LogP contribution in [0.2, 0.25) is 0 Å². The van der Waals surface area contributed by atoms with Gasteiger partial charge in [0.1, 0.15) is 6.10 Å². The summed E-state index contributed by atoms with van der Waals surface area (Å²) >= 11 is 0. The molecule has 5 nitrogen and oxygen atoms in total. The average Bonchev–Trinajstić information content (AvgIpc) is 3.05. The predicted molar refractivity (Wildman–Crippen MR) is 82.3 cm³/mol. The van der Waals surface area contributed by atoms with Gasteiger partial charge in [-0.1, -0.05) is 20.3 Å². The Morgan fingerprint density at radius 2 is 2.21 bits per heavy atom. The summed E-state index contributed by atoms with van der Waals surface area (Å²) in [5.74, 6) is -0.0100. The minimum absolute atomic E-state index is 0.0874. The summed E-state index contributed by atoms with van der Waals surface area (Å²) in [6.45, 7) is 4.90. The Morgan fingerprint density at radius 1 is 1.50 bits per heavy atom. The first-order valence-electron chi connectivity index (χ1n) is 8.21. The third kappa shape index (κ3) is 4.09. The Morgan fingerprint density at radius 3 is 2.75 bits per heavy atom. The molecule has 2 rings (SSSR count). The summed E-state index contributed by atoms with van der Waals surface area (Å²) in [6.07, 6.45) is -1.39. The molecule has 0 aromatic carbocycles. The Bertz CT molecular complexity index is 559. The molecule has 1 fully saturated rings. The van der Waals surface area contributed by atoms with Gasteiger partial charge < -0.3 is 9.64 Å². The Balaban J connectivity index is 2.08. The molecule has 0 spiro atoms. The van der Waals surface area contributed by atoms with Crippen LogP contribution in [0.4, 0.5) is 13.2 Å². The zero-order chi connectivity index (χ0) is 17.9. The summed E-state index contributed by atoms with van der Waals surface area (Å²) in [7, 11) is 1.51. The number of aromatic nitrogens is 2. The van der Waals surface area contributed by atoms with E-state index in [2.05, 4.69) is 5.10 Å². The van der Waals surface area contributed by atoms with E-state index in [-0.39, 0.29) is 17.9 Å². The first kappa shape index (κ1) is 18.8. The van der Waals surface area contributed by atoms with E-state index in [4.69, 9.17) is 4.74 Å². The summed E-state index contributed by atoms with van der Waals surface area (Å²) in [5, 5.41) is 3.64. The van der Waals surface area contributed by atoms with Crippen molar-refractivity contribution < 1.29 is 22.7 Å². The van der Waals surface area contributed by atoms with E-state index in [1.807, 2.05) is 13.8 Å². The molecule has 1 aromatic heterocycles. The van der Waals surface area contributed by atoms with Crippen LogP contribution in [-0.2, 0) is 15.7 Å². The van der Waals surface area contributed by atoms with Crippen molar-refractivity contribution in [3.63, 3.8) is 0 Å². The summed E-state index contributed by atoms with van der Waals surface area (Å²) in [5.41, 5.74) is -0.902. The van der Waals surface area contributed by atoms with Gasteiger partial charge >= 0.3 is 6.18 Å². The van der Waals surface area contributed by atoms with Crippen LogP contribution in [0, 0.1) is 5.92 Å². The number of amides is 1. The van der Waals surface area contributed by atoms with Crippen LogP contribution in [0.15, 0.2) is 12.3 Å². The van der Waals surface area contributed by atoms with Gasteiger partial charge in [-0.25, -0.2) is 0 Å². The molecule has 1 aromatic rings. The van der Waals surface area contributed by atoms with Crippen molar-refractivity contribution in [1.82, 2.24) is 14.7 Å². The van der Waals surface area contributed by atoms with Crippen molar-refractivity contribution >= 4 is 5.91 Å². The molecule has 0 N–H and O–H groups in total. The monoisotopic (exact) mass is 347 g/mol. The summed E-state index contributed by atoms with van der Waals surface area (Å²) in [6, 6.07) is 0.728. The number of carbonyl (C=O) groups excluding carboxylic acids is 1. The second kappa shape index (κ2) is 7.55. The van der Waals surface area contributed by atoms with Crippen LogP contribution in [0.1, 0.15) is 44.8 Å². The number of ether oxygens (including phenoxy) is 1. The fraction of sp³-hybridized carbons (Fsp3) is 0.750. The second-order valence-electron chi connectivity index (χ2n) is 6.30. The van der Waals surface area contributed by atoms with Gasteiger partial charge in [-0.05, 0) is 24.8 Å². The molecule has 24 heavy (non-hydrogen) atoms. The molecule has 136 valence electrons. The molecule has 0 bridgehead atoms. The minimum atomic E-state index is -4.45. The lowest BCUT2D eigenvalue weighted by Gasteiger charge is -2.35. The van der Waals surface area contributed by atoms with Crippen molar-refractivity contribution in [3.8, 4) is 0 Å². The van der Waals surface area contributed by atoms with Crippen LogP contribution < -0.4 is 0 Å². The number of halogens is 3. The summed E-state index contributed by atoms with van der Waals surface area (Å²) in [4.78, 5) is 14.3. The van der Waals surface area contributed by atoms with Crippen LogP contribution in [0.25, 0.3) is 0 Å². The molecule has 8 heteroatoms. The highest BCUT2D eigenvalue weighted by atomic mass is 19.4. The van der Waals surface area contributed by atoms with Gasteiger partial charge in [0.15, 0.2) is 5.69 Å². The lowest BCUT2D eigenvalue weighted by Crippen LogP contribution is -2.47. The number of hydrogen-bond donors (Lipinski definition) is 0. The van der Waals surface area contributed by atoms with Gasteiger partial charge in [-0.2, -0.15) is 18.3 Å². The molecule has 1 aliphatic heterocycles. The lowest BCUT2D eigenvalue weighted by molar-refractivity contribution is -0.147. The van der Waals surface area contributed by atoms with E-state index in [1.165, 1.54) is 18.0 Å². The van der Waals surface area contributed by atoms with E-state index in [9.17, 15) is 18.0 Å². The van der Waals surface area contributed by atoms with Crippen LogP contribution in [0.5, 0.6) is 0 Å². The zero-order valence-corrected chi connectivity index (χ0v) is 14.2. The molecule has 0 saturated carbocycles. The van der Waals surface area contributed by atoms with Crippen molar-refractivity contribution in [2.75, 3.05) is 20.2 Å². The Hall–Kier alpha value is -1.57. The molecular formula is C16H24F3N3O2. The number of likely N-dealkylation sites (tertiary alicyclic amines) is 1. The van der Waals surface area contributed by atoms with Gasteiger partial charge in [0, 0.05) is 26.4 Å². The van der Waals surface area contributed by atoms with E-state index in [0.717, 1.165) is 18.9 Å². The van der Waals surface area contributed by atoms with Crippen molar-refractivity contribution in [3.05, 3.63) is 18.0 Å². The number of nitrogens with zero attached hydrogens (tertiary/aromatic N) is 3. The highest BCUT2D eigenvalue weighted by Gasteiger charge is 2.36. The largest absolute Gasteiger partial charge is 0.435 e. The molecule has 0 radical (unpaired) electrons. The normalized spacial score (nSPS) is 21.6. The van der Waals surface area contributed by atoms with Gasteiger partial charge in [0.25, 0.3) is 5.91 Å². The molecule has 0 aliphatic carbocycles. The maximum atomic E-state index is 12.7. The number of methoxy groups -OCH3 is 1. The molecule has 1 aliphatic rings. The quantitative estimate of drug-likeness (QED) is 0.822. The zero-order valence-electron chi connectivity index (χ0n) is 14.2. The fourth-order valence-corrected chi connectivity index (χ4v) is 3.03. The van der Waals surface area contributed by atoms with E-state index >= 15 is 0 Å².